The minimum absolute atomic E-state index is 0.188. The number of methoxy groups -OCH3 is 1. The third-order valence-electron chi connectivity index (χ3n) is 2.74. The Kier molecular flexibility index (Phi) is 4.37. The highest BCUT2D eigenvalue weighted by molar-refractivity contribution is 6.29. The van der Waals surface area contributed by atoms with Crippen LogP contribution in [0.4, 0.5) is 5.82 Å². The minimum atomic E-state index is 0.188. The highest BCUT2D eigenvalue weighted by Crippen LogP contribution is 2.21. The molecule has 0 saturated carbocycles. The number of halogens is 1. The molecule has 0 bridgehead atoms. The summed E-state index contributed by atoms with van der Waals surface area (Å²) in [6.07, 6.45) is 0.377. The van der Waals surface area contributed by atoms with Crippen molar-refractivity contribution >= 4 is 17.4 Å². The van der Waals surface area contributed by atoms with Crippen molar-refractivity contribution in [2.24, 2.45) is 0 Å². The second kappa shape index (κ2) is 5.82. The van der Waals surface area contributed by atoms with Gasteiger partial charge in [0.05, 0.1) is 12.2 Å². The average molecular weight is 272 g/mol. The lowest BCUT2D eigenvalue weighted by molar-refractivity contribution is -0.00549. The summed E-state index contributed by atoms with van der Waals surface area (Å²) in [7, 11) is 1.61. The van der Waals surface area contributed by atoms with Crippen LogP contribution in [0.15, 0.2) is 6.07 Å². The van der Waals surface area contributed by atoms with Crippen LogP contribution in [0, 0.1) is 0 Å². The van der Waals surface area contributed by atoms with Gasteiger partial charge in [-0.25, -0.2) is 9.97 Å². The number of morpholine rings is 1. The van der Waals surface area contributed by atoms with Crippen LogP contribution in [0.25, 0.3) is 0 Å². The van der Waals surface area contributed by atoms with Gasteiger partial charge in [-0.3, -0.25) is 0 Å². The molecule has 1 aliphatic rings. The first kappa shape index (κ1) is 13.5. The first-order valence-corrected chi connectivity index (χ1v) is 6.39. The number of anilines is 1. The van der Waals surface area contributed by atoms with E-state index in [0.717, 1.165) is 18.9 Å². The maximum absolute atomic E-state index is 6.01. The van der Waals surface area contributed by atoms with Crippen molar-refractivity contribution in [2.75, 3.05) is 25.1 Å². The lowest BCUT2D eigenvalue weighted by Crippen LogP contribution is -2.46. The first-order valence-electron chi connectivity index (χ1n) is 6.01. The van der Waals surface area contributed by atoms with Gasteiger partial charge in [0.15, 0.2) is 5.82 Å². The van der Waals surface area contributed by atoms with E-state index in [1.165, 1.54) is 0 Å². The zero-order valence-electron chi connectivity index (χ0n) is 10.9. The Morgan fingerprint density at radius 2 is 2.06 bits per heavy atom. The predicted octanol–water partition coefficient (Wildman–Crippen LogP) is 1.89. The molecule has 6 heteroatoms. The molecule has 5 nitrogen and oxygen atoms in total. The van der Waals surface area contributed by atoms with Gasteiger partial charge in [-0.05, 0) is 13.8 Å². The summed E-state index contributed by atoms with van der Waals surface area (Å²) in [4.78, 5) is 10.8. The quantitative estimate of drug-likeness (QED) is 0.786. The fourth-order valence-corrected chi connectivity index (χ4v) is 2.37. The molecule has 0 radical (unpaired) electrons. The Morgan fingerprint density at radius 3 is 2.67 bits per heavy atom. The summed E-state index contributed by atoms with van der Waals surface area (Å²) in [6, 6.07) is 1.78. The molecule has 2 unspecified atom stereocenters. The van der Waals surface area contributed by atoms with Crippen LogP contribution in [-0.4, -0.2) is 42.4 Å². The van der Waals surface area contributed by atoms with Gasteiger partial charge < -0.3 is 14.4 Å². The second-order valence-corrected chi connectivity index (χ2v) is 4.95. The van der Waals surface area contributed by atoms with E-state index in [-0.39, 0.29) is 12.2 Å². The minimum Gasteiger partial charge on any atom is -0.377 e. The Labute approximate surface area is 112 Å². The van der Waals surface area contributed by atoms with Crippen LogP contribution in [0.5, 0.6) is 0 Å². The molecule has 0 N–H and O–H groups in total. The first-order chi connectivity index (χ1) is 8.58. The summed E-state index contributed by atoms with van der Waals surface area (Å²) < 4.78 is 10.7. The molecule has 1 fully saturated rings. The summed E-state index contributed by atoms with van der Waals surface area (Å²) in [5.74, 6) is 1.44. The standard InChI is InChI=1S/C12H18ClN3O2/c1-8-5-16(6-9(2)18-8)12-4-10(13)14-11(15-12)7-17-3/h4,8-9H,5-7H2,1-3H3. The fourth-order valence-electron chi connectivity index (χ4n) is 2.17. The molecule has 0 amide bonds. The van der Waals surface area contributed by atoms with Crippen molar-refractivity contribution < 1.29 is 9.47 Å². The monoisotopic (exact) mass is 271 g/mol. The number of hydrogen-bond acceptors (Lipinski definition) is 5. The van der Waals surface area contributed by atoms with E-state index in [9.17, 15) is 0 Å². The number of rotatable bonds is 3. The van der Waals surface area contributed by atoms with E-state index >= 15 is 0 Å². The third kappa shape index (κ3) is 3.31. The molecule has 0 aromatic carbocycles. The Balaban J connectivity index is 2.21. The van der Waals surface area contributed by atoms with Gasteiger partial charge in [0, 0.05) is 26.3 Å². The number of nitrogens with zero attached hydrogens (tertiary/aromatic N) is 3. The molecule has 2 atom stereocenters. The molecule has 1 aromatic heterocycles. The van der Waals surface area contributed by atoms with Crippen LogP contribution in [0.1, 0.15) is 19.7 Å². The molecule has 0 spiro atoms. The highest BCUT2D eigenvalue weighted by atomic mass is 35.5. The lowest BCUT2D eigenvalue weighted by Gasteiger charge is -2.36. The number of ether oxygens (including phenoxy) is 2. The molecule has 0 aliphatic carbocycles. The van der Waals surface area contributed by atoms with E-state index in [1.54, 1.807) is 13.2 Å². The van der Waals surface area contributed by atoms with Crippen LogP contribution >= 0.6 is 11.6 Å². The van der Waals surface area contributed by atoms with Gasteiger partial charge in [0.25, 0.3) is 0 Å². The van der Waals surface area contributed by atoms with Crippen LogP contribution in [0.3, 0.4) is 0 Å². The zero-order chi connectivity index (χ0) is 13.1. The largest absolute Gasteiger partial charge is 0.377 e. The maximum Gasteiger partial charge on any atom is 0.158 e. The van der Waals surface area contributed by atoms with Crippen molar-refractivity contribution in [2.45, 2.75) is 32.7 Å². The summed E-state index contributed by atoms with van der Waals surface area (Å²) in [5.41, 5.74) is 0. The van der Waals surface area contributed by atoms with E-state index in [0.29, 0.717) is 17.6 Å². The van der Waals surface area contributed by atoms with E-state index < -0.39 is 0 Å². The Hall–Kier alpha value is -0.910. The molecule has 100 valence electrons. The Bertz CT molecular complexity index is 406. The third-order valence-corrected chi connectivity index (χ3v) is 2.94. The number of aromatic nitrogens is 2. The SMILES string of the molecule is COCc1nc(Cl)cc(N2CC(C)OC(C)C2)n1. The predicted molar refractivity (Wildman–Crippen MR) is 70.0 cm³/mol. The van der Waals surface area contributed by atoms with E-state index in [2.05, 4.69) is 28.7 Å². The summed E-state index contributed by atoms with van der Waals surface area (Å²) in [6.45, 7) is 6.10. The zero-order valence-corrected chi connectivity index (χ0v) is 11.6. The average Bonchev–Trinajstić information content (AvgIpc) is 2.27. The maximum atomic E-state index is 6.01. The van der Waals surface area contributed by atoms with Crippen LogP contribution in [-0.2, 0) is 16.1 Å². The van der Waals surface area contributed by atoms with Gasteiger partial charge in [-0.15, -0.1) is 0 Å². The Morgan fingerprint density at radius 1 is 1.39 bits per heavy atom. The molecule has 2 rings (SSSR count). The summed E-state index contributed by atoms with van der Waals surface area (Å²) in [5, 5.41) is 0.443. The van der Waals surface area contributed by atoms with Crippen molar-refractivity contribution in [3.8, 4) is 0 Å². The smallest absolute Gasteiger partial charge is 0.158 e. The molecular weight excluding hydrogens is 254 g/mol. The van der Waals surface area contributed by atoms with Crippen molar-refractivity contribution in [1.29, 1.82) is 0 Å². The topological polar surface area (TPSA) is 47.5 Å². The number of hydrogen-bond donors (Lipinski definition) is 0. The molecule has 18 heavy (non-hydrogen) atoms. The van der Waals surface area contributed by atoms with Crippen molar-refractivity contribution in [3.63, 3.8) is 0 Å². The van der Waals surface area contributed by atoms with Crippen LogP contribution < -0.4 is 4.90 Å². The molecular formula is C12H18ClN3O2. The van der Waals surface area contributed by atoms with Crippen LogP contribution in [0.2, 0.25) is 5.15 Å². The normalized spacial score (nSPS) is 24.3. The molecule has 1 aliphatic heterocycles. The van der Waals surface area contributed by atoms with Gasteiger partial charge >= 0.3 is 0 Å². The highest BCUT2D eigenvalue weighted by Gasteiger charge is 2.23. The van der Waals surface area contributed by atoms with Crippen molar-refractivity contribution in [1.82, 2.24) is 9.97 Å². The van der Waals surface area contributed by atoms with Gasteiger partial charge in [-0.2, -0.15) is 0 Å². The van der Waals surface area contributed by atoms with Gasteiger partial charge in [-0.1, -0.05) is 11.6 Å². The van der Waals surface area contributed by atoms with E-state index in [4.69, 9.17) is 21.1 Å². The van der Waals surface area contributed by atoms with E-state index in [1.807, 2.05) is 0 Å². The van der Waals surface area contributed by atoms with Crippen molar-refractivity contribution in [3.05, 3.63) is 17.0 Å². The molecule has 1 aromatic rings. The second-order valence-electron chi connectivity index (χ2n) is 4.56. The van der Waals surface area contributed by atoms with Gasteiger partial charge in [0.2, 0.25) is 0 Å². The fraction of sp³-hybridized carbons (Fsp3) is 0.667. The van der Waals surface area contributed by atoms with Gasteiger partial charge in [0.1, 0.15) is 17.6 Å². The molecule has 1 saturated heterocycles. The molecule has 2 heterocycles. The summed E-state index contributed by atoms with van der Waals surface area (Å²) >= 11 is 6.01. The lowest BCUT2D eigenvalue weighted by atomic mass is 10.2.